The summed E-state index contributed by atoms with van der Waals surface area (Å²) in [5.74, 6) is -0.828. The third-order valence-electron chi connectivity index (χ3n) is 3.69. The van der Waals surface area contributed by atoms with Gasteiger partial charge in [-0.2, -0.15) is 15.6 Å². The highest BCUT2D eigenvalue weighted by Crippen LogP contribution is 2.30. The van der Waals surface area contributed by atoms with Gasteiger partial charge in [0.05, 0.1) is 22.5 Å². The van der Waals surface area contributed by atoms with Gasteiger partial charge in [0, 0.05) is 0 Å². The second kappa shape index (κ2) is 6.26. The molecule has 0 bridgehead atoms. The van der Waals surface area contributed by atoms with Crippen LogP contribution in [0.25, 0.3) is 0 Å². The van der Waals surface area contributed by atoms with Crippen molar-refractivity contribution in [3.05, 3.63) is 59.2 Å². The monoisotopic (exact) mass is 329 g/mol. The Bertz CT molecular complexity index is 978. The topological polar surface area (TPSA) is 109 Å². The summed E-state index contributed by atoms with van der Waals surface area (Å²) in [6.45, 7) is 1.92. The van der Waals surface area contributed by atoms with Crippen molar-refractivity contribution in [2.75, 3.05) is 10.3 Å². The highest BCUT2D eigenvalue weighted by atomic mass is 16.2. The predicted octanol–water partition coefficient (Wildman–Crippen LogP) is 2.61. The third kappa shape index (κ3) is 2.82. The van der Waals surface area contributed by atoms with Gasteiger partial charge >= 0.3 is 0 Å². The van der Waals surface area contributed by atoms with E-state index < -0.39 is 11.8 Å². The number of nitrogens with one attached hydrogen (secondary N) is 1. The van der Waals surface area contributed by atoms with Crippen molar-refractivity contribution in [2.24, 2.45) is 5.10 Å². The van der Waals surface area contributed by atoms with Crippen LogP contribution in [0.3, 0.4) is 0 Å². The second-order valence-electron chi connectivity index (χ2n) is 5.34. The lowest BCUT2D eigenvalue weighted by Gasteiger charge is -2.13. The van der Waals surface area contributed by atoms with Gasteiger partial charge in [-0.25, -0.2) is 4.90 Å². The molecule has 0 saturated carbocycles. The van der Waals surface area contributed by atoms with Crippen LogP contribution in [0, 0.1) is 29.6 Å². The molecule has 2 aromatic carbocycles. The van der Waals surface area contributed by atoms with Crippen LogP contribution in [0.2, 0.25) is 0 Å². The molecule has 0 radical (unpaired) electrons. The number of anilines is 2. The molecule has 120 valence electrons. The van der Waals surface area contributed by atoms with Crippen LogP contribution >= 0.6 is 0 Å². The van der Waals surface area contributed by atoms with Crippen LogP contribution in [0.5, 0.6) is 0 Å². The van der Waals surface area contributed by atoms with E-state index in [1.807, 2.05) is 19.1 Å². The van der Waals surface area contributed by atoms with Crippen LogP contribution in [0.15, 0.2) is 47.6 Å². The molecule has 0 spiro atoms. The van der Waals surface area contributed by atoms with Crippen molar-refractivity contribution in [1.29, 1.82) is 10.5 Å². The molecule has 25 heavy (non-hydrogen) atoms. The molecule has 0 aliphatic carbocycles. The molecule has 0 atom stereocenters. The Morgan fingerprint density at radius 2 is 1.64 bits per heavy atom. The summed E-state index contributed by atoms with van der Waals surface area (Å²) < 4.78 is 0. The summed E-state index contributed by atoms with van der Waals surface area (Å²) >= 11 is 0. The van der Waals surface area contributed by atoms with Crippen molar-refractivity contribution >= 4 is 28.9 Å². The molecule has 0 aromatic heterocycles. The van der Waals surface area contributed by atoms with Gasteiger partial charge in [0.15, 0.2) is 0 Å². The number of amides is 2. The number of aryl methyl sites for hydroxylation is 1. The molecular weight excluding hydrogens is 318 g/mol. The lowest BCUT2D eigenvalue weighted by atomic mass is 10.1. The lowest BCUT2D eigenvalue weighted by Crippen LogP contribution is -2.29. The highest BCUT2D eigenvalue weighted by molar-refractivity contribution is 6.34. The average molecular weight is 329 g/mol. The van der Waals surface area contributed by atoms with E-state index in [1.165, 1.54) is 12.1 Å². The van der Waals surface area contributed by atoms with Crippen LogP contribution in [-0.4, -0.2) is 17.5 Å². The largest absolute Gasteiger partial charge is 0.276 e. The standard InChI is InChI=1S/C18H11N5O2/c1-11-2-5-14(6-3-11)23-17(24)15-7-4-12(8-16(15)18(23)25)21-22-13(9-19)10-20/h2-8,21H,1H3. The number of hydrogen-bond acceptors (Lipinski definition) is 6. The van der Waals surface area contributed by atoms with Crippen molar-refractivity contribution < 1.29 is 9.59 Å². The fourth-order valence-corrected chi connectivity index (χ4v) is 2.43. The zero-order chi connectivity index (χ0) is 18.0. The highest BCUT2D eigenvalue weighted by Gasteiger charge is 2.36. The number of carbonyl (C=O) groups is 2. The summed E-state index contributed by atoms with van der Waals surface area (Å²) in [7, 11) is 0. The van der Waals surface area contributed by atoms with Gasteiger partial charge in [0.1, 0.15) is 12.1 Å². The van der Waals surface area contributed by atoms with E-state index >= 15 is 0 Å². The summed E-state index contributed by atoms with van der Waals surface area (Å²) in [5, 5.41) is 21.0. The number of carbonyl (C=O) groups excluding carboxylic acids is 2. The first-order valence-electron chi connectivity index (χ1n) is 7.28. The number of benzene rings is 2. The number of nitrogens with zero attached hydrogens (tertiary/aromatic N) is 4. The predicted molar refractivity (Wildman–Crippen MR) is 91.0 cm³/mol. The van der Waals surface area contributed by atoms with E-state index in [-0.39, 0.29) is 11.3 Å². The number of hydrogen-bond donors (Lipinski definition) is 1. The normalized spacial score (nSPS) is 12.2. The Hall–Kier alpha value is -3.97. The zero-order valence-electron chi connectivity index (χ0n) is 13.1. The molecule has 2 aromatic rings. The molecule has 3 rings (SSSR count). The first-order chi connectivity index (χ1) is 12.0. The zero-order valence-corrected chi connectivity index (χ0v) is 13.1. The molecule has 2 amide bonds. The quantitative estimate of drug-likeness (QED) is 0.529. The number of nitriles is 2. The fraction of sp³-hybridized carbons (Fsp3) is 0.0556. The van der Waals surface area contributed by atoms with Crippen LogP contribution in [0.1, 0.15) is 26.3 Å². The number of fused-ring (bicyclic) bond motifs is 1. The SMILES string of the molecule is Cc1ccc(N2C(=O)c3ccc(NN=C(C#N)C#N)cc3C2=O)cc1. The van der Waals surface area contributed by atoms with Crippen LogP contribution < -0.4 is 10.3 Å². The number of hydrazone groups is 1. The summed E-state index contributed by atoms with van der Waals surface area (Å²) in [6.07, 6.45) is 0. The average Bonchev–Trinajstić information content (AvgIpc) is 2.87. The van der Waals surface area contributed by atoms with Crippen molar-refractivity contribution in [1.82, 2.24) is 0 Å². The number of rotatable bonds is 3. The molecule has 0 unspecified atom stereocenters. The molecule has 1 aliphatic heterocycles. The molecule has 1 N–H and O–H groups in total. The second-order valence-corrected chi connectivity index (χ2v) is 5.34. The fourth-order valence-electron chi connectivity index (χ4n) is 2.43. The first kappa shape index (κ1) is 15.9. The maximum atomic E-state index is 12.6. The molecule has 0 fully saturated rings. The molecule has 1 heterocycles. The maximum Gasteiger partial charge on any atom is 0.266 e. The van der Waals surface area contributed by atoms with Crippen LogP contribution in [-0.2, 0) is 0 Å². The van der Waals surface area contributed by atoms with Crippen molar-refractivity contribution in [2.45, 2.75) is 6.92 Å². The molecule has 1 aliphatic rings. The van der Waals surface area contributed by atoms with Gasteiger partial charge in [0.2, 0.25) is 5.71 Å². The molecule has 0 saturated heterocycles. The first-order valence-corrected chi connectivity index (χ1v) is 7.28. The Morgan fingerprint density at radius 3 is 2.28 bits per heavy atom. The molecule has 7 heteroatoms. The minimum Gasteiger partial charge on any atom is -0.276 e. The minimum atomic E-state index is -0.433. The van der Waals surface area contributed by atoms with E-state index in [0.29, 0.717) is 16.9 Å². The van der Waals surface area contributed by atoms with Gasteiger partial charge in [-0.1, -0.05) is 17.7 Å². The summed E-state index contributed by atoms with van der Waals surface area (Å²) in [5.41, 5.74) is 4.64. The van der Waals surface area contributed by atoms with Crippen LogP contribution in [0.4, 0.5) is 11.4 Å². The minimum absolute atomic E-state index is 0.237. The van der Waals surface area contributed by atoms with E-state index in [0.717, 1.165) is 10.5 Å². The smallest absolute Gasteiger partial charge is 0.266 e. The maximum absolute atomic E-state index is 12.6. The Labute approximate surface area is 143 Å². The third-order valence-corrected chi connectivity index (χ3v) is 3.69. The van der Waals surface area contributed by atoms with Gasteiger partial charge < -0.3 is 0 Å². The van der Waals surface area contributed by atoms with E-state index in [9.17, 15) is 9.59 Å². The van der Waals surface area contributed by atoms with E-state index in [2.05, 4.69) is 10.5 Å². The Morgan fingerprint density at radius 1 is 1.00 bits per heavy atom. The van der Waals surface area contributed by atoms with Gasteiger partial charge in [-0.05, 0) is 37.3 Å². The van der Waals surface area contributed by atoms with Crippen molar-refractivity contribution in [3.8, 4) is 12.1 Å². The molecular formula is C18H11N5O2. The Kier molecular flexibility index (Phi) is 3.99. The van der Waals surface area contributed by atoms with Gasteiger partial charge in [-0.15, -0.1) is 0 Å². The Balaban J connectivity index is 1.93. The van der Waals surface area contributed by atoms with E-state index in [4.69, 9.17) is 10.5 Å². The molecule has 7 nitrogen and oxygen atoms in total. The van der Waals surface area contributed by atoms with Gasteiger partial charge in [-0.3, -0.25) is 15.0 Å². The number of imide groups is 1. The van der Waals surface area contributed by atoms with Crippen molar-refractivity contribution in [3.63, 3.8) is 0 Å². The van der Waals surface area contributed by atoms with Gasteiger partial charge in [0.25, 0.3) is 11.8 Å². The van der Waals surface area contributed by atoms with E-state index in [1.54, 1.807) is 30.3 Å². The summed E-state index contributed by atoms with van der Waals surface area (Å²) in [4.78, 5) is 26.3. The summed E-state index contributed by atoms with van der Waals surface area (Å²) in [6, 6.07) is 14.9. The lowest BCUT2D eigenvalue weighted by molar-refractivity contribution is 0.0926.